The highest BCUT2D eigenvalue weighted by molar-refractivity contribution is 9.11. The van der Waals surface area contributed by atoms with Gasteiger partial charge in [-0.1, -0.05) is 0 Å². The molecule has 0 saturated heterocycles. The van der Waals surface area contributed by atoms with Crippen molar-refractivity contribution < 1.29 is 14.3 Å². The molecule has 0 aliphatic heterocycles. The lowest BCUT2D eigenvalue weighted by Crippen LogP contribution is -2.35. The predicted octanol–water partition coefficient (Wildman–Crippen LogP) is 2.95. The zero-order valence-corrected chi connectivity index (χ0v) is 13.2. The van der Waals surface area contributed by atoms with Crippen LogP contribution in [0.3, 0.4) is 0 Å². The number of hydrogen-bond donors (Lipinski definition) is 1. The largest absolute Gasteiger partial charge is 0.351 e. The maximum Gasteiger partial charge on any atom is 0.261 e. The summed E-state index contributed by atoms with van der Waals surface area (Å²) in [5.41, 5.74) is 1.07. The summed E-state index contributed by atoms with van der Waals surface area (Å²) in [5, 5.41) is 2.81. The van der Waals surface area contributed by atoms with Gasteiger partial charge in [-0.15, -0.1) is 11.3 Å². The van der Waals surface area contributed by atoms with E-state index in [1.807, 2.05) is 26.8 Å². The predicted molar refractivity (Wildman–Crippen MR) is 76.1 cm³/mol. The zero-order valence-electron chi connectivity index (χ0n) is 10.8. The van der Waals surface area contributed by atoms with Crippen molar-refractivity contribution in [3.8, 4) is 0 Å². The molecule has 18 heavy (non-hydrogen) atoms. The Morgan fingerprint density at radius 2 is 2.06 bits per heavy atom. The van der Waals surface area contributed by atoms with Crippen LogP contribution in [0.1, 0.15) is 29.1 Å². The van der Waals surface area contributed by atoms with Crippen LogP contribution in [0.2, 0.25) is 0 Å². The van der Waals surface area contributed by atoms with Crippen molar-refractivity contribution in [3.05, 3.63) is 20.3 Å². The first-order valence-corrected chi connectivity index (χ1v) is 7.46. The Bertz CT molecular complexity index is 369. The van der Waals surface area contributed by atoms with Crippen LogP contribution in [-0.4, -0.2) is 32.0 Å². The smallest absolute Gasteiger partial charge is 0.261 e. The molecule has 0 bridgehead atoms. The molecular weight excluding hydrogens is 318 g/mol. The van der Waals surface area contributed by atoms with Crippen molar-refractivity contribution in [2.24, 2.45) is 0 Å². The molecular formula is C12H18BrNO3S. The van der Waals surface area contributed by atoms with E-state index < -0.39 is 0 Å². The molecule has 1 aromatic heterocycles. The van der Waals surface area contributed by atoms with Gasteiger partial charge in [0.25, 0.3) is 5.91 Å². The second-order valence-corrected chi connectivity index (χ2v) is 5.99. The minimum Gasteiger partial charge on any atom is -0.351 e. The Morgan fingerprint density at radius 1 is 1.44 bits per heavy atom. The quantitative estimate of drug-likeness (QED) is 0.779. The second-order valence-electron chi connectivity index (χ2n) is 3.62. The van der Waals surface area contributed by atoms with Crippen LogP contribution in [0.5, 0.6) is 0 Å². The molecule has 1 rings (SSSR count). The van der Waals surface area contributed by atoms with Gasteiger partial charge < -0.3 is 14.8 Å². The van der Waals surface area contributed by atoms with Gasteiger partial charge in [0, 0.05) is 13.2 Å². The number of ether oxygens (including phenoxy) is 2. The first-order valence-electron chi connectivity index (χ1n) is 5.85. The summed E-state index contributed by atoms with van der Waals surface area (Å²) in [4.78, 5) is 12.6. The van der Waals surface area contributed by atoms with Crippen LogP contribution < -0.4 is 5.32 Å². The third-order valence-corrected chi connectivity index (χ3v) is 4.35. The summed E-state index contributed by atoms with van der Waals surface area (Å²) in [5.74, 6) is -0.0989. The molecule has 0 saturated carbocycles. The van der Waals surface area contributed by atoms with Crippen molar-refractivity contribution in [3.63, 3.8) is 0 Å². The van der Waals surface area contributed by atoms with E-state index in [4.69, 9.17) is 9.47 Å². The fourth-order valence-electron chi connectivity index (χ4n) is 1.37. The van der Waals surface area contributed by atoms with Gasteiger partial charge in [-0.05, 0) is 48.3 Å². The van der Waals surface area contributed by atoms with Crippen molar-refractivity contribution in [2.75, 3.05) is 19.8 Å². The second kappa shape index (κ2) is 7.89. The molecule has 4 nitrogen and oxygen atoms in total. The molecule has 0 radical (unpaired) electrons. The monoisotopic (exact) mass is 335 g/mol. The molecule has 0 atom stereocenters. The molecule has 1 N–H and O–H groups in total. The maximum absolute atomic E-state index is 11.9. The van der Waals surface area contributed by atoms with Gasteiger partial charge in [0.1, 0.15) is 0 Å². The number of halogens is 1. The fourth-order valence-corrected chi connectivity index (χ4v) is 2.82. The summed E-state index contributed by atoms with van der Waals surface area (Å²) in [6.07, 6.45) is -0.381. The summed E-state index contributed by atoms with van der Waals surface area (Å²) in [7, 11) is 0. The number of carbonyl (C=O) groups is 1. The minimum absolute atomic E-state index is 0.0989. The van der Waals surface area contributed by atoms with Gasteiger partial charge in [-0.2, -0.15) is 0 Å². The Morgan fingerprint density at radius 3 is 2.50 bits per heavy atom. The highest BCUT2D eigenvalue weighted by atomic mass is 79.9. The summed E-state index contributed by atoms with van der Waals surface area (Å²) in [6, 6.07) is 1.86. The standard InChI is InChI=1S/C12H18BrNO3S/c1-4-16-10(17-5-2)7-14-12(15)9-6-8(3)11(13)18-9/h6,10H,4-5,7H2,1-3H3,(H,14,15). The average molecular weight is 336 g/mol. The first-order chi connectivity index (χ1) is 8.58. The van der Waals surface area contributed by atoms with Gasteiger partial charge in [0.15, 0.2) is 6.29 Å². The van der Waals surface area contributed by atoms with Gasteiger partial charge in [0.2, 0.25) is 0 Å². The Labute approximate surface area is 120 Å². The van der Waals surface area contributed by atoms with E-state index in [2.05, 4.69) is 21.2 Å². The molecule has 0 unspecified atom stereocenters. The number of rotatable bonds is 7. The van der Waals surface area contributed by atoms with Gasteiger partial charge in [0.05, 0.1) is 15.2 Å². The van der Waals surface area contributed by atoms with E-state index in [0.717, 1.165) is 9.35 Å². The van der Waals surface area contributed by atoms with Gasteiger partial charge >= 0.3 is 0 Å². The average Bonchev–Trinajstić information content (AvgIpc) is 2.67. The lowest BCUT2D eigenvalue weighted by molar-refractivity contribution is -0.131. The number of nitrogens with one attached hydrogen (secondary N) is 1. The minimum atomic E-state index is -0.381. The van der Waals surface area contributed by atoms with Crippen molar-refractivity contribution in [2.45, 2.75) is 27.1 Å². The zero-order chi connectivity index (χ0) is 13.5. The highest BCUT2D eigenvalue weighted by Crippen LogP contribution is 2.27. The third-order valence-electron chi connectivity index (χ3n) is 2.22. The molecule has 0 fully saturated rings. The van der Waals surface area contributed by atoms with Crippen molar-refractivity contribution in [1.82, 2.24) is 5.32 Å². The molecule has 1 heterocycles. The van der Waals surface area contributed by atoms with Crippen LogP contribution in [0.25, 0.3) is 0 Å². The number of carbonyl (C=O) groups excluding carboxylic acids is 1. The number of thiophene rings is 1. The maximum atomic E-state index is 11.9. The lowest BCUT2D eigenvalue weighted by Gasteiger charge is -2.17. The SMILES string of the molecule is CCOC(CNC(=O)c1cc(C)c(Br)s1)OCC. The van der Waals surface area contributed by atoms with E-state index in [0.29, 0.717) is 24.6 Å². The molecule has 1 amide bonds. The van der Waals surface area contributed by atoms with Gasteiger partial charge in [-0.25, -0.2) is 0 Å². The van der Waals surface area contributed by atoms with Crippen LogP contribution in [0, 0.1) is 6.92 Å². The summed E-state index contributed by atoms with van der Waals surface area (Å²) >= 11 is 4.83. The molecule has 102 valence electrons. The Kier molecular flexibility index (Phi) is 6.85. The van der Waals surface area contributed by atoms with Crippen molar-refractivity contribution >= 4 is 33.2 Å². The van der Waals surface area contributed by atoms with E-state index in [-0.39, 0.29) is 12.2 Å². The normalized spacial score (nSPS) is 10.9. The highest BCUT2D eigenvalue weighted by Gasteiger charge is 2.14. The Balaban J connectivity index is 2.48. The topological polar surface area (TPSA) is 47.6 Å². The van der Waals surface area contributed by atoms with Gasteiger partial charge in [-0.3, -0.25) is 4.79 Å². The molecule has 0 aliphatic rings. The molecule has 0 aromatic carbocycles. The Hall–Kier alpha value is -0.430. The van der Waals surface area contributed by atoms with E-state index in [1.54, 1.807) is 0 Å². The van der Waals surface area contributed by atoms with Crippen LogP contribution in [0.15, 0.2) is 9.85 Å². The van der Waals surface area contributed by atoms with Crippen LogP contribution >= 0.6 is 27.3 Å². The van der Waals surface area contributed by atoms with E-state index in [1.165, 1.54) is 11.3 Å². The molecule has 6 heteroatoms. The first kappa shape index (κ1) is 15.6. The lowest BCUT2D eigenvalue weighted by atomic mass is 10.3. The van der Waals surface area contributed by atoms with Crippen LogP contribution in [0.4, 0.5) is 0 Å². The number of amides is 1. The van der Waals surface area contributed by atoms with E-state index >= 15 is 0 Å². The number of aryl methyl sites for hydroxylation is 1. The fraction of sp³-hybridized carbons (Fsp3) is 0.583. The molecule has 0 spiro atoms. The van der Waals surface area contributed by atoms with E-state index in [9.17, 15) is 4.79 Å². The number of hydrogen-bond acceptors (Lipinski definition) is 4. The van der Waals surface area contributed by atoms with Crippen LogP contribution in [-0.2, 0) is 9.47 Å². The van der Waals surface area contributed by atoms with Crippen molar-refractivity contribution in [1.29, 1.82) is 0 Å². The molecule has 1 aromatic rings. The third kappa shape index (κ3) is 4.68. The summed E-state index contributed by atoms with van der Waals surface area (Å²) in [6.45, 7) is 7.23. The summed E-state index contributed by atoms with van der Waals surface area (Å²) < 4.78 is 11.7. The molecule has 0 aliphatic carbocycles.